The molecule has 2 rings (SSSR count). The molecule has 0 heterocycles. The summed E-state index contributed by atoms with van der Waals surface area (Å²) >= 11 is 5.81. The van der Waals surface area contributed by atoms with Gasteiger partial charge in [-0.05, 0) is 42.0 Å². The maximum absolute atomic E-state index is 12.7. The molecule has 2 nitrogen and oxygen atoms in total. The van der Waals surface area contributed by atoms with Gasteiger partial charge in [0.2, 0.25) is 0 Å². The zero-order valence-corrected chi connectivity index (χ0v) is 11.1. The van der Waals surface area contributed by atoms with Crippen LogP contribution in [0.15, 0.2) is 36.4 Å². The summed E-state index contributed by atoms with van der Waals surface area (Å²) in [6, 6.07) is 7.43. The molecule has 0 fully saturated rings. The molecule has 2 aromatic rings. The number of ether oxygens (including phenoxy) is 1. The molecule has 2 aromatic carbocycles. The number of alkyl halides is 3. The van der Waals surface area contributed by atoms with Crippen molar-refractivity contribution in [3.8, 4) is 22.6 Å². The summed E-state index contributed by atoms with van der Waals surface area (Å²) in [6.45, 7) is 0. The van der Waals surface area contributed by atoms with Gasteiger partial charge in [-0.25, -0.2) is 0 Å². The molecule has 1 N–H and O–H groups in total. The smallest absolute Gasteiger partial charge is 0.416 e. The number of halogens is 4. The third-order valence-corrected chi connectivity index (χ3v) is 2.95. The number of rotatable bonds is 2. The Bertz CT molecular complexity index is 639. The van der Waals surface area contributed by atoms with E-state index in [0.717, 1.165) is 6.07 Å². The fourth-order valence-electron chi connectivity index (χ4n) is 1.83. The van der Waals surface area contributed by atoms with Crippen LogP contribution in [0.3, 0.4) is 0 Å². The highest BCUT2D eigenvalue weighted by Crippen LogP contribution is 2.38. The van der Waals surface area contributed by atoms with E-state index < -0.39 is 17.5 Å². The molecule has 20 heavy (non-hydrogen) atoms. The molecular weight excluding hydrogens is 293 g/mol. The number of phenols is 1. The molecule has 0 aliphatic heterocycles. The Balaban J connectivity index is 2.61. The van der Waals surface area contributed by atoms with Gasteiger partial charge in [-0.3, -0.25) is 0 Å². The predicted molar refractivity (Wildman–Crippen MR) is 70.1 cm³/mol. The lowest BCUT2D eigenvalue weighted by molar-refractivity contribution is -0.137. The summed E-state index contributed by atoms with van der Waals surface area (Å²) < 4.78 is 43.3. The minimum atomic E-state index is -4.53. The molecule has 0 amide bonds. The molecule has 0 unspecified atom stereocenters. The zero-order chi connectivity index (χ0) is 14.9. The van der Waals surface area contributed by atoms with Crippen LogP contribution in [0.25, 0.3) is 11.1 Å². The van der Waals surface area contributed by atoms with E-state index in [1.54, 1.807) is 0 Å². The maximum atomic E-state index is 12.7. The van der Waals surface area contributed by atoms with E-state index in [0.29, 0.717) is 22.4 Å². The van der Waals surface area contributed by atoms with Crippen LogP contribution in [0.5, 0.6) is 11.5 Å². The maximum Gasteiger partial charge on any atom is 0.416 e. The highest BCUT2D eigenvalue weighted by molar-refractivity contribution is 6.30. The zero-order valence-electron chi connectivity index (χ0n) is 10.3. The predicted octanol–water partition coefficient (Wildman–Crippen LogP) is 4.74. The molecule has 0 spiro atoms. The van der Waals surface area contributed by atoms with Gasteiger partial charge < -0.3 is 9.84 Å². The van der Waals surface area contributed by atoms with Crippen molar-refractivity contribution in [2.75, 3.05) is 7.11 Å². The van der Waals surface area contributed by atoms with Gasteiger partial charge in [-0.2, -0.15) is 13.2 Å². The summed E-state index contributed by atoms with van der Waals surface area (Å²) in [7, 11) is 1.39. The summed E-state index contributed by atoms with van der Waals surface area (Å²) in [6.07, 6.45) is -4.53. The van der Waals surface area contributed by atoms with Gasteiger partial charge in [0, 0.05) is 10.6 Å². The van der Waals surface area contributed by atoms with Crippen LogP contribution in [0.2, 0.25) is 5.02 Å². The van der Waals surface area contributed by atoms with Gasteiger partial charge in [0.15, 0.2) is 0 Å². The van der Waals surface area contributed by atoms with E-state index in [1.165, 1.54) is 31.4 Å². The van der Waals surface area contributed by atoms with Crippen molar-refractivity contribution < 1.29 is 23.0 Å². The van der Waals surface area contributed by atoms with Crippen molar-refractivity contribution in [2.24, 2.45) is 0 Å². The molecule has 0 saturated heterocycles. The fraction of sp³-hybridized carbons (Fsp3) is 0.143. The van der Waals surface area contributed by atoms with Gasteiger partial charge in [0.1, 0.15) is 11.5 Å². The second kappa shape index (κ2) is 5.25. The van der Waals surface area contributed by atoms with Crippen molar-refractivity contribution in [3.05, 3.63) is 47.0 Å². The third kappa shape index (κ3) is 2.99. The minimum Gasteiger partial charge on any atom is -0.508 e. The lowest BCUT2D eigenvalue weighted by Gasteiger charge is -2.13. The van der Waals surface area contributed by atoms with E-state index in [4.69, 9.17) is 16.3 Å². The Morgan fingerprint density at radius 2 is 1.80 bits per heavy atom. The van der Waals surface area contributed by atoms with Gasteiger partial charge in [-0.15, -0.1) is 0 Å². The first-order valence-electron chi connectivity index (χ1n) is 5.56. The minimum absolute atomic E-state index is 0.200. The van der Waals surface area contributed by atoms with Crippen molar-refractivity contribution in [1.82, 2.24) is 0 Å². The van der Waals surface area contributed by atoms with Crippen LogP contribution in [0.1, 0.15) is 5.56 Å². The molecule has 0 bridgehead atoms. The monoisotopic (exact) mass is 302 g/mol. The number of aromatic hydroxyl groups is 1. The van der Waals surface area contributed by atoms with Crippen LogP contribution < -0.4 is 4.74 Å². The Morgan fingerprint density at radius 1 is 1.10 bits per heavy atom. The van der Waals surface area contributed by atoms with Gasteiger partial charge in [0.05, 0.1) is 12.7 Å². The van der Waals surface area contributed by atoms with Crippen LogP contribution in [0.4, 0.5) is 13.2 Å². The molecule has 0 atom stereocenters. The number of methoxy groups -OCH3 is 1. The van der Waals surface area contributed by atoms with Crippen LogP contribution in [-0.4, -0.2) is 12.2 Å². The molecule has 0 aliphatic rings. The Hall–Kier alpha value is -1.88. The molecule has 0 saturated carbocycles. The Labute approximate surface area is 118 Å². The van der Waals surface area contributed by atoms with Gasteiger partial charge in [-0.1, -0.05) is 11.6 Å². The summed E-state index contributed by atoms with van der Waals surface area (Å²) in [4.78, 5) is 0. The van der Waals surface area contributed by atoms with Gasteiger partial charge in [0.25, 0.3) is 0 Å². The fourth-order valence-corrected chi connectivity index (χ4v) is 2.00. The third-order valence-electron chi connectivity index (χ3n) is 2.72. The van der Waals surface area contributed by atoms with E-state index >= 15 is 0 Å². The topological polar surface area (TPSA) is 29.5 Å². The summed E-state index contributed by atoms with van der Waals surface area (Å²) in [5.41, 5.74) is -0.311. The highest BCUT2D eigenvalue weighted by atomic mass is 35.5. The average Bonchev–Trinajstić information content (AvgIpc) is 2.36. The first-order valence-corrected chi connectivity index (χ1v) is 5.94. The molecule has 6 heteroatoms. The molecular formula is C14H10ClF3O2. The number of benzene rings is 2. The van der Waals surface area contributed by atoms with Crippen molar-refractivity contribution >= 4 is 11.6 Å². The van der Waals surface area contributed by atoms with Crippen LogP contribution >= 0.6 is 11.6 Å². The normalized spacial score (nSPS) is 11.4. The SMILES string of the molecule is COc1cc(Cl)ccc1-c1cc(O)cc(C(F)(F)F)c1. The molecule has 0 aromatic heterocycles. The number of hydrogen-bond acceptors (Lipinski definition) is 2. The largest absolute Gasteiger partial charge is 0.508 e. The lowest BCUT2D eigenvalue weighted by atomic mass is 10.0. The van der Waals surface area contributed by atoms with E-state index in [-0.39, 0.29) is 5.56 Å². The van der Waals surface area contributed by atoms with Crippen molar-refractivity contribution in [1.29, 1.82) is 0 Å². The molecule has 106 valence electrons. The average molecular weight is 303 g/mol. The van der Waals surface area contributed by atoms with Crippen molar-refractivity contribution in [2.45, 2.75) is 6.18 Å². The highest BCUT2D eigenvalue weighted by Gasteiger charge is 2.31. The summed E-state index contributed by atoms with van der Waals surface area (Å²) in [5, 5.41) is 9.87. The standard InChI is InChI=1S/C14H10ClF3O2/c1-20-13-7-10(15)2-3-12(13)8-4-9(14(16,17)18)6-11(19)5-8/h2-7,19H,1H3. The number of phenolic OH excluding ortho intramolecular Hbond substituents is 1. The van der Waals surface area contributed by atoms with Gasteiger partial charge >= 0.3 is 6.18 Å². The van der Waals surface area contributed by atoms with E-state index in [9.17, 15) is 18.3 Å². The summed E-state index contributed by atoms with van der Waals surface area (Å²) in [5.74, 6) is -0.136. The second-order valence-corrected chi connectivity index (χ2v) is 4.55. The second-order valence-electron chi connectivity index (χ2n) is 4.11. The Kier molecular flexibility index (Phi) is 3.81. The lowest BCUT2D eigenvalue weighted by Crippen LogP contribution is -2.04. The first kappa shape index (κ1) is 14.5. The number of hydrogen-bond donors (Lipinski definition) is 1. The van der Waals surface area contributed by atoms with E-state index in [2.05, 4.69) is 0 Å². The van der Waals surface area contributed by atoms with Crippen molar-refractivity contribution in [3.63, 3.8) is 0 Å². The van der Waals surface area contributed by atoms with E-state index in [1.807, 2.05) is 0 Å². The van der Waals surface area contributed by atoms with Crippen LogP contribution in [0, 0.1) is 0 Å². The molecule has 0 aliphatic carbocycles. The first-order chi connectivity index (χ1) is 9.31. The van der Waals surface area contributed by atoms with Crippen LogP contribution in [-0.2, 0) is 6.18 Å². The quantitative estimate of drug-likeness (QED) is 0.868. The Morgan fingerprint density at radius 3 is 2.40 bits per heavy atom. The molecule has 0 radical (unpaired) electrons.